The van der Waals surface area contributed by atoms with E-state index >= 15 is 0 Å². The Kier molecular flexibility index (Phi) is 4.72. The number of para-hydroxylation sites is 1. The largest absolute Gasteiger partial charge is 0.326 e. The number of nitrogens with one attached hydrogen (secondary N) is 2. The Labute approximate surface area is 144 Å². The average Bonchev–Trinajstić information content (AvgIpc) is 3.04. The summed E-state index contributed by atoms with van der Waals surface area (Å²) in [5, 5.41) is 6.33. The van der Waals surface area contributed by atoms with Gasteiger partial charge in [-0.3, -0.25) is 9.59 Å². The molecule has 120 valence electrons. The topological polar surface area (TPSA) is 58.2 Å². The second kappa shape index (κ2) is 7.10. The molecule has 0 spiro atoms. The number of benzene rings is 2. The van der Waals surface area contributed by atoms with Crippen molar-refractivity contribution in [2.75, 3.05) is 10.6 Å². The number of carbonyl (C=O) groups excluding carboxylic acids is 2. The van der Waals surface area contributed by atoms with Gasteiger partial charge in [-0.1, -0.05) is 42.5 Å². The van der Waals surface area contributed by atoms with Gasteiger partial charge in [-0.05, 0) is 29.8 Å². The number of hydrogen-bond acceptors (Lipinski definition) is 3. The average molecular weight is 336 g/mol. The van der Waals surface area contributed by atoms with Gasteiger partial charge in [0.05, 0.1) is 16.3 Å². The smallest absolute Gasteiger partial charge is 0.258 e. The zero-order valence-electron chi connectivity index (χ0n) is 13.1. The van der Waals surface area contributed by atoms with Crippen molar-refractivity contribution >= 4 is 33.8 Å². The first-order chi connectivity index (χ1) is 11.6. The molecule has 0 saturated heterocycles. The van der Waals surface area contributed by atoms with Crippen LogP contribution in [0, 0.1) is 0 Å². The quantitative estimate of drug-likeness (QED) is 0.730. The second-order valence-electron chi connectivity index (χ2n) is 5.21. The minimum atomic E-state index is -0.249. The number of hydrogen-bond donors (Lipinski definition) is 2. The van der Waals surface area contributed by atoms with Crippen LogP contribution >= 0.6 is 11.3 Å². The Bertz CT molecular complexity index is 872. The summed E-state index contributed by atoms with van der Waals surface area (Å²) in [5.74, 6) is -0.460. The normalized spacial score (nSPS) is 10.2. The van der Waals surface area contributed by atoms with Crippen LogP contribution in [-0.2, 0) is 4.79 Å². The highest BCUT2D eigenvalue weighted by Gasteiger charge is 2.13. The Morgan fingerprint density at radius 3 is 2.29 bits per heavy atom. The SMILES string of the molecule is CC(=O)Nc1ccccc1C(=O)Nc1ccc(-c2ccccc2)s1. The van der Waals surface area contributed by atoms with Gasteiger partial charge < -0.3 is 10.6 Å². The van der Waals surface area contributed by atoms with Gasteiger partial charge in [0, 0.05) is 11.8 Å². The molecule has 0 bridgehead atoms. The van der Waals surface area contributed by atoms with Gasteiger partial charge in [-0.25, -0.2) is 0 Å². The maximum Gasteiger partial charge on any atom is 0.258 e. The highest BCUT2D eigenvalue weighted by Crippen LogP contribution is 2.31. The number of anilines is 2. The third-order valence-corrected chi connectivity index (χ3v) is 4.43. The molecule has 24 heavy (non-hydrogen) atoms. The van der Waals surface area contributed by atoms with E-state index in [9.17, 15) is 9.59 Å². The van der Waals surface area contributed by atoms with E-state index in [0.29, 0.717) is 11.3 Å². The summed E-state index contributed by atoms with van der Waals surface area (Å²) in [6, 6.07) is 20.8. The molecule has 0 aliphatic heterocycles. The lowest BCUT2D eigenvalue weighted by molar-refractivity contribution is -0.114. The van der Waals surface area contributed by atoms with Crippen LogP contribution in [0.4, 0.5) is 10.7 Å². The summed E-state index contributed by atoms with van der Waals surface area (Å²) >= 11 is 1.51. The number of rotatable bonds is 4. The van der Waals surface area contributed by atoms with Crippen LogP contribution in [0.1, 0.15) is 17.3 Å². The van der Waals surface area contributed by atoms with Crippen molar-refractivity contribution in [3.05, 3.63) is 72.3 Å². The van der Waals surface area contributed by atoms with Crippen molar-refractivity contribution in [3.8, 4) is 10.4 Å². The van der Waals surface area contributed by atoms with Crippen molar-refractivity contribution in [2.45, 2.75) is 6.92 Å². The maximum absolute atomic E-state index is 12.5. The summed E-state index contributed by atoms with van der Waals surface area (Å²) in [4.78, 5) is 24.9. The third kappa shape index (κ3) is 3.70. The Morgan fingerprint density at radius 1 is 0.833 bits per heavy atom. The van der Waals surface area contributed by atoms with Crippen LogP contribution in [0.15, 0.2) is 66.7 Å². The molecule has 4 nitrogen and oxygen atoms in total. The molecule has 0 unspecified atom stereocenters. The number of carbonyl (C=O) groups is 2. The maximum atomic E-state index is 12.5. The molecule has 0 saturated carbocycles. The molecular weight excluding hydrogens is 320 g/mol. The summed E-state index contributed by atoms with van der Waals surface area (Å²) in [5.41, 5.74) is 2.05. The lowest BCUT2D eigenvalue weighted by atomic mass is 10.1. The molecule has 0 radical (unpaired) electrons. The molecule has 3 aromatic rings. The monoisotopic (exact) mass is 336 g/mol. The van der Waals surface area contributed by atoms with E-state index < -0.39 is 0 Å². The van der Waals surface area contributed by atoms with Gasteiger partial charge in [-0.15, -0.1) is 11.3 Å². The zero-order chi connectivity index (χ0) is 16.9. The van der Waals surface area contributed by atoms with Gasteiger partial charge >= 0.3 is 0 Å². The minimum Gasteiger partial charge on any atom is -0.326 e. The molecule has 3 rings (SSSR count). The van der Waals surface area contributed by atoms with Crippen molar-refractivity contribution in [1.29, 1.82) is 0 Å². The van der Waals surface area contributed by atoms with E-state index in [0.717, 1.165) is 15.4 Å². The van der Waals surface area contributed by atoms with Crippen LogP contribution in [-0.4, -0.2) is 11.8 Å². The van der Waals surface area contributed by atoms with E-state index in [4.69, 9.17) is 0 Å². The Hall–Kier alpha value is -2.92. The first kappa shape index (κ1) is 16.0. The molecule has 0 aliphatic rings. The minimum absolute atomic E-state index is 0.210. The molecule has 1 aromatic heterocycles. The Morgan fingerprint density at radius 2 is 1.54 bits per heavy atom. The fourth-order valence-corrected chi connectivity index (χ4v) is 3.23. The third-order valence-electron chi connectivity index (χ3n) is 3.38. The van der Waals surface area contributed by atoms with E-state index in [1.807, 2.05) is 42.5 Å². The molecule has 0 atom stereocenters. The molecular formula is C19H16N2O2S. The highest BCUT2D eigenvalue weighted by molar-refractivity contribution is 7.19. The van der Waals surface area contributed by atoms with E-state index in [1.165, 1.54) is 18.3 Å². The van der Waals surface area contributed by atoms with Crippen LogP contribution < -0.4 is 10.6 Å². The van der Waals surface area contributed by atoms with E-state index in [2.05, 4.69) is 10.6 Å². The summed E-state index contributed by atoms with van der Waals surface area (Å²) in [7, 11) is 0. The molecule has 2 N–H and O–H groups in total. The first-order valence-corrected chi connectivity index (χ1v) is 8.28. The summed E-state index contributed by atoms with van der Waals surface area (Å²) in [6.45, 7) is 1.42. The molecule has 2 aromatic carbocycles. The van der Waals surface area contributed by atoms with Crippen LogP contribution in [0.2, 0.25) is 0 Å². The van der Waals surface area contributed by atoms with Crippen molar-refractivity contribution in [1.82, 2.24) is 0 Å². The van der Waals surface area contributed by atoms with E-state index in [1.54, 1.807) is 24.3 Å². The van der Waals surface area contributed by atoms with Crippen LogP contribution in [0.25, 0.3) is 10.4 Å². The lowest BCUT2D eigenvalue weighted by Gasteiger charge is -2.09. The molecule has 0 fully saturated rings. The lowest BCUT2D eigenvalue weighted by Crippen LogP contribution is -2.15. The van der Waals surface area contributed by atoms with Crippen LogP contribution in [0.5, 0.6) is 0 Å². The number of amides is 2. The van der Waals surface area contributed by atoms with E-state index in [-0.39, 0.29) is 11.8 Å². The standard InChI is InChI=1S/C19H16N2O2S/c1-13(22)20-16-10-6-5-9-15(16)19(23)21-18-12-11-17(24-18)14-7-3-2-4-8-14/h2-12H,1H3,(H,20,22)(H,21,23). The van der Waals surface area contributed by atoms with Crippen molar-refractivity contribution < 1.29 is 9.59 Å². The molecule has 1 heterocycles. The molecule has 2 amide bonds. The van der Waals surface area contributed by atoms with Crippen molar-refractivity contribution in [2.24, 2.45) is 0 Å². The number of thiophene rings is 1. The molecule has 0 aliphatic carbocycles. The molecule has 5 heteroatoms. The zero-order valence-corrected chi connectivity index (χ0v) is 13.9. The van der Waals surface area contributed by atoms with Gasteiger partial charge in [0.2, 0.25) is 5.91 Å². The second-order valence-corrected chi connectivity index (χ2v) is 6.29. The highest BCUT2D eigenvalue weighted by atomic mass is 32.1. The predicted molar refractivity (Wildman–Crippen MR) is 98.5 cm³/mol. The fourth-order valence-electron chi connectivity index (χ4n) is 2.32. The van der Waals surface area contributed by atoms with Crippen molar-refractivity contribution in [3.63, 3.8) is 0 Å². The Balaban J connectivity index is 1.79. The fraction of sp³-hybridized carbons (Fsp3) is 0.0526. The first-order valence-electron chi connectivity index (χ1n) is 7.47. The van der Waals surface area contributed by atoms with Gasteiger partial charge in [-0.2, -0.15) is 0 Å². The van der Waals surface area contributed by atoms with Gasteiger partial charge in [0.25, 0.3) is 5.91 Å². The summed E-state index contributed by atoms with van der Waals surface area (Å²) < 4.78 is 0. The van der Waals surface area contributed by atoms with Gasteiger partial charge in [0.15, 0.2) is 0 Å². The summed E-state index contributed by atoms with van der Waals surface area (Å²) in [6.07, 6.45) is 0. The van der Waals surface area contributed by atoms with Crippen LogP contribution in [0.3, 0.4) is 0 Å². The predicted octanol–water partition coefficient (Wildman–Crippen LogP) is 4.63. The van der Waals surface area contributed by atoms with Gasteiger partial charge in [0.1, 0.15) is 0 Å².